The van der Waals surface area contributed by atoms with Gasteiger partial charge in [0.1, 0.15) is 11.2 Å². The van der Waals surface area contributed by atoms with Gasteiger partial charge in [-0.15, -0.1) is 0 Å². The summed E-state index contributed by atoms with van der Waals surface area (Å²) < 4.78 is 48.3. The van der Waals surface area contributed by atoms with Gasteiger partial charge in [0.05, 0.1) is 6.85 Å². The summed E-state index contributed by atoms with van der Waals surface area (Å²) in [5.41, 5.74) is 8.76. The van der Waals surface area contributed by atoms with Crippen molar-refractivity contribution < 1.29 is 11.3 Å². The van der Waals surface area contributed by atoms with E-state index in [0.29, 0.717) is 16.7 Å². The first kappa shape index (κ1) is 20.9. The molecule has 1 heterocycles. The second-order valence-electron chi connectivity index (χ2n) is 11.3. The lowest BCUT2D eigenvalue weighted by Gasteiger charge is -2.18. The molecule has 0 saturated heterocycles. The third-order valence-corrected chi connectivity index (χ3v) is 8.77. The first-order valence-electron chi connectivity index (χ1n) is 17.5. The van der Waals surface area contributed by atoms with Gasteiger partial charge in [-0.2, -0.15) is 0 Å². The van der Waals surface area contributed by atoms with E-state index in [1.165, 1.54) is 16.7 Å². The molecule has 1 aromatic heterocycles. The Labute approximate surface area is 268 Å². The summed E-state index contributed by atoms with van der Waals surface area (Å²) in [6.45, 7) is 0. The van der Waals surface area contributed by atoms with E-state index >= 15 is 0 Å². The van der Waals surface area contributed by atoms with Crippen molar-refractivity contribution in [3.63, 3.8) is 0 Å². The fourth-order valence-electron chi connectivity index (χ4n) is 6.78. The molecule has 0 radical (unpaired) electrons. The van der Waals surface area contributed by atoms with Crippen LogP contribution in [-0.4, -0.2) is 0 Å². The Kier molecular flexibility index (Phi) is 4.81. The molecular formula is C44H28O. The molecule has 8 aromatic carbocycles. The Morgan fingerprint density at radius 3 is 1.60 bits per heavy atom. The van der Waals surface area contributed by atoms with Crippen LogP contribution in [0.3, 0.4) is 0 Å². The molecule has 9 rings (SSSR count). The van der Waals surface area contributed by atoms with Gasteiger partial charge in [-0.05, 0) is 84.3 Å². The summed E-state index contributed by atoms with van der Waals surface area (Å²) in [5.74, 6) is 0. The Hall–Kier alpha value is -5.92. The van der Waals surface area contributed by atoms with E-state index in [1.54, 1.807) is 12.1 Å². The number of rotatable bonds is 4. The van der Waals surface area contributed by atoms with Crippen molar-refractivity contribution in [1.82, 2.24) is 0 Å². The molecule has 0 saturated carbocycles. The molecule has 0 fully saturated rings. The average Bonchev–Trinajstić information content (AvgIpc) is 3.54. The van der Waals surface area contributed by atoms with Crippen LogP contribution in [0.1, 0.15) is 6.85 Å². The molecule has 210 valence electrons. The highest BCUT2D eigenvalue weighted by molar-refractivity contribution is 6.22. The minimum atomic E-state index is -0.410. The van der Waals surface area contributed by atoms with Crippen molar-refractivity contribution >= 4 is 43.5 Å². The Morgan fingerprint density at radius 1 is 0.378 bits per heavy atom. The highest BCUT2D eigenvalue weighted by Gasteiger charge is 2.18. The lowest BCUT2D eigenvalue weighted by atomic mass is 9.85. The lowest BCUT2D eigenvalue weighted by Crippen LogP contribution is -1.91. The van der Waals surface area contributed by atoms with Crippen LogP contribution >= 0.6 is 0 Å². The molecule has 0 aliphatic heterocycles. The largest absolute Gasteiger partial charge is 0.456 e. The van der Waals surface area contributed by atoms with Crippen molar-refractivity contribution in [1.29, 1.82) is 0 Å². The topological polar surface area (TPSA) is 13.1 Å². The van der Waals surface area contributed by atoms with Crippen LogP contribution in [0, 0.1) is 0 Å². The summed E-state index contributed by atoms with van der Waals surface area (Å²) >= 11 is 0. The molecule has 0 aliphatic rings. The fourth-order valence-corrected chi connectivity index (χ4v) is 6.78. The van der Waals surface area contributed by atoms with Gasteiger partial charge in [0.2, 0.25) is 0 Å². The molecule has 1 nitrogen and oxygen atoms in total. The highest BCUT2D eigenvalue weighted by atomic mass is 16.3. The van der Waals surface area contributed by atoms with E-state index in [-0.39, 0.29) is 29.7 Å². The summed E-state index contributed by atoms with van der Waals surface area (Å²) in [6, 6.07) is 46.3. The zero-order chi connectivity index (χ0) is 34.1. The molecule has 0 N–H and O–H groups in total. The summed E-state index contributed by atoms with van der Waals surface area (Å²) in [7, 11) is 0. The maximum atomic E-state index is 8.64. The van der Waals surface area contributed by atoms with Crippen LogP contribution in [0.25, 0.3) is 88.0 Å². The quantitative estimate of drug-likeness (QED) is 0.190. The van der Waals surface area contributed by atoms with Crippen molar-refractivity contribution in [3.05, 3.63) is 170 Å². The maximum absolute atomic E-state index is 8.64. The minimum absolute atomic E-state index is 0.165. The number of benzene rings is 8. The lowest BCUT2D eigenvalue weighted by molar-refractivity contribution is 0.669. The first-order valence-corrected chi connectivity index (χ1v) is 15.0. The van der Waals surface area contributed by atoms with Crippen LogP contribution in [0.2, 0.25) is 0 Å². The molecule has 0 bridgehead atoms. The predicted molar refractivity (Wildman–Crippen MR) is 190 cm³/mol. The average molecular weight is 578 g/mol. The van der Waals surface area contributed by atoms with E-state index in [4.69, 9.17) is 11.3 Å². The summed E-state index contributed by atoms with van der Waals surface area (Å²) in [4.78, 5) is 0. The number of fused-ring (bicyclic) bond motifs is 5. The Bertz CT molecular complexity index is 2720. The van der Waals surface area contributed by atoms with Gasteiger partial charge in [0.15, 0.2) is 0 Å². The molecule has 9 aromatic rings. The molecule has 0 atom stereocenters. The highest BCUT2D eigenvalue weighted by Crippen LogP contribution is 2.45. The minimum Gasteiger partial charge on any atom is -0.456 e. The molecular weight excluding hydrogens is 544 g/mol. The van der Waals surface area contributed by atoms with E-state index in [0.717, 1.165) is 49.0 Å². The third kappa shape index (κ3) is 4.17. The summed E-state index contributed by atoms with van der Waals surface area (Å²) in [6.07, 6.45) is 0. The molecule has 0 amide bonds. The standard InChI is InChI=1S/C44H28O/c1-3-12-29(13-4-1)30-22-24-32(25-23-30)42-35-16-7-9-18-37(35)43(38-19-10-8-17-36(38)42)33-26-27-39-41(28-33)45-40-21-11-20-34(44(39)40)31-14-5-2-6-15-31/h1-28H/i2D,5D,6D,14D,15D. The molecule has 0 spiro atoms. The monoisotopic (exact) mass is 577 g/mol. The van der Waals surface area contributed by atoms with Crippen LogP contribution < -0.4 is 0 Å². The van der Waals surface area contributed by atoms with Crippen LogP contribution in [0.15, 0.2) is 174 Å². The van der Waals surface area contributed by atoms with E-state index in [2.05, 4.69) is 109 Å². The fraction of sp³-hybridized carbons (Fsp3) is 0. The van der Waals surface area contributed by atoms with Gasteiger partial charge < -0.3 is 4.42 Å². The van der Waals surface area contributed by atoms with E-state index in [1.807, 2.05) is 18.2 Å². The SMILES string of the molecule is [2H]c1c([2H])c([2H])c(-c2cccc3oc4cc(-c5c6ccccc6c(-c6ccc(-c7ccccc7)cc6)c6ccccc56)ccc4c23)c([2H])c1[2H]. The van der Waals surface area contributed by atoms with Crippen LogP contribution in [0.4, 0.5) is 0 Å². The van der Waals surface area contributed by atoms with Crippen molar-refractivity contribution in [2.24, 2.45) is 0 Å². The predicted octanol–water partition coefficient (Wildman–Crippen LogP) is 12.6. The van der Waals surface area contributed by atoms with Gasteiger partial charge in [0.25, 0.3) is 0 Å². The zero-order valence-electron chi connectivity index (χ0n) is 29.2. The second kappa shape index (κ2) is 10.4. The smallest absolute Gasteiger partial charge is 0.136 e. The summed E-state index contributed by atoms with van der Waals surface area (Å²) in [5, 5.41) is 6.10. The first-order chi connectivity index (χ1) is 24.4. The maximum Gasteiger partial charge on any atom is 0.136 e. The Balaban J connectivity index is 1.26. The third-order valence-electron chi connectivity index (χ3n) is 8.77. The molecule has 0 unspecified atom stereocenters. The van der Waals surface area contributed by atoms with E-state index < -0.39 is 6.04 Å². The van der Waals surface area contributed by atoms with Crippen molar-refractivity contribution in [3.8, 4) is 44.5 Å². The molecule has 45 heavy (non-hydrogen) atoms. The van der Waals surface area contributed by atoms with Gasteiger partial charge in [-0.3, -0.25) is 0 Å². The number of hydrogen-bond acceptors (Lipinski definition) is 1. The number of hydrogen-bond donors (Lipinski definition) is 0. The van der Waals surface area contributed by atoms with E-state index in [9.17, 15) is 0 Å². The normalized spacial score (nSPS) is 13.1. The Morgan fingerprint density at radius 2 is 0.933 bits per heavy atom. The van der Waals surface area contributed by atoms with Crippen molar-refractivity contribution in [2.75, 3.05) is 0 Å². The zero-order valence-corrected chi connectivity index (χ0v) is 24.2. The van der Waals surface area contributed by atoms with Crippen molar-refractivity contribution in [2.45, 2.75) is 0 Å². The molecule has 0 aliphatic carbocycles. The van der Waals surface area contributed by atoms with Crippen LogP contribution in [0.5, 0.6) is 0 Å². The van der Waals surface area contributed by atoms with Gasteiger partial charge >= 0.3 is 0 Å². The number of furan rings is 1. The van der Waals surface area contributed by atoms with Gasteiger partial charge in [-0.25, -0.2) is 0 Å². The van der Waals surface area contributed by atoms with Gasteiger partial charge in [-0.1, -0.05) is 152 Å². The van der Waals surface area contributed by atoms with Crippen LogP contribution in [-0.2, 0) is 0 Å². The molecule has 1 heteroatoms. The second-order valence-corrected chi connectivity index (χ2v) is 11.3. The van der Waals surface area contributed by atoms with Gasteiger partial charge in [0, 0.05) is 10.8 Å².